The van der Waals surface area contributed by atoms with E-state index in [9.17, 15) is 9.90 Å². The fourth-order valence-corrected chi connectivity index (χ4v) is 9.78. The molecule has 0 aromatic heterocycles. The molecule has 12 atom stereocenters. The number of aliphatic hydroxyl groups is 1. The molecule has 2 saturated heterocycles. The van der Waals surface area contributed by atoms with Gasteiger partial charge in [0.05, 0.1) is 18.8 Å². The van der Waals surface area contributed by atoms with Crippen molar-refractivity contribution in [3.63, 3.8) is 0 Å². The molecule has 0 aromatic carbocycles. The fourth-order valence-electron chi connectivity index (χ4n) is 9.78. The van der Waals surface area contributed by atoms with E-state index in [1.807, 2.05) is 0 Å². The highest BCUT2D eigenvalue weighted by Gasteiger charge is 2.68. The summed E-state index contributed by atoms with van der Waals surface area (Å²) < 4.78 is 18.8. The lowest BCUT2D eigenvalue weighted by Gasteiger charge is -2.61. The second kappa shape index (κ2) is 7.79. The van der Waals surface area contributed by atoms with E-state index in [-0.39, 0.29) is 46.9 Å². The Morgan fingerprint density at radius 3 is 2.62 bits per heavy atom. The molecule has 6 rings (SSSR count). The first kappa shape index (κ1) is 23.5. The molecule has 0 radical (unpaired) electrons. The predicted octanol–water partition coefficient (Wildman–Crippen LogP) is 5.26. The Hall–Kier alpha value is -0.910. The summed E-state index contributed by atoms with van der Waals surface area (Å²) in [5, 5.41) is 11.8. The van der Waals surface area contributed by atoms with E-state index < -0.39 is 5.79 Å². The molecule has 0 amide bonds. The van der Waals surface area contributed by atoms with Gasteiger partial charge in [-0.15, -0.1) is 0 Å². The van der Waals surface area contributed by atoms with Gasteiger partial charge in [-0.1, -0.05) is 39.3 Å². The number of carbonyl (C=O) groups is 1. The molecule has 5 heteroatoms. The SMILES string of the molecule is CC(=O)O[C@H]1CC[C@@]2(C)[C@@H](CC[C@H]3C4=C[C@@H]5O[C@]6(CC[C@H](C)CO6)[C@@H](C)[C@@H]5[C@@]4(C)[C@@H](O)C[C@@H]32)C1. The smallest absolute Gasteiger partial charge is 0.302 e. The monoisotopic (exact) mass is 472 g/mol. The molecule has 1 N–H and O–H groups in total. The summed E-state index contributed by atoms with van der Waals surface area (Å²) in [6.45, 7) is 11.7. The maximum absolute atomic E-state index is 11.8. The Morgan fingerprint density at radius 1 is 1.12 bits per heavy atom. The standard InChI is InChI=1S/C29H44O5/c1-16-8-11-29(32-15-16)17(2)26-24(34-29)13-23-21-7-6-19-12-20(33-18(3)30)9-10-27(19,4)22(21)14-25(31)28(23,26)5/h13,16-17,19-22,24-26,31H,6-12,14-15H2,1-5H3/t16-,17-,19-,20-,21+,22-,24-,25-,26-,27-,28+,29+/m0/s1. The Morgan fingerprint density at radius 2 is 1.91 bits per heavy atom. The molecule has 0 bridgehead atoms. The van der Waals surface area contributed by atoms with Gasteiger partial charge in [-0.3, -0.25) is 4.79 Å². The molecule has 1 spiro atoms. The van der Waals surface area contributed by atoms with Gasteiger partial charge in [0.2, 0.25) is 0 Å². The van der Waals surface area contributed by atoms with Crippen LogP contribution >= 0.6 is 0 Å². The van der Waals surface area contributed by atoms with Gasteiger partial charge in [0.15, 0.2) is 5.79 Å². The normalized spacial score (nSPS) is 56.2. The van der Waals surface area contributed by atoms with Crippen LogP contribution in [0.5, 0.6) is 0 Å². The summed E-state index contributed by atoms with van der Waals surface area (Å²) in [6.07, 6.45) is 10.6. The van der Waals surface area contributed by atoms with Crippen LogP contribution in [0.15, 0.2) is 11.6 Å². The third kappa shape index (κ3) is 3.11. The zero-order valence-electron chi connectivity index (χ0n) is 21.7. The van der Waals surface area contributed by atoms with Crippen molar-refractivity contribution in [1.82, 2.24) is 0 Å². The number of esters is 1. The number of ether oxygens (including phenoxy) is 3. The lowest BCUT2D eigenvalue weighted by Crippen LogP contribution is -2.57. The summed E-state index contributed by atoms with van der Waals surface area (Å²) in [6, 6.07) is 0. The number of rotatable bonds is 1. The van der Waals surface area contributed by atoms with Crippen molar-refractivity contribution in [2.75, 3.05) is 6.61 Å². The number of fused-ring (bicyclic) bond motifs is 7. The third-order valence-electron chi connectivity index (χ3n) is 11.7. The van der Waals surface area contributed by atoms with E-state index in [0.29, 0.717) is 23.7 Å². The zero-order valence-corrected chi connectivity index (χ0v) is 21.7. The molecule has 2 aliphatic heterocycles. The number of hydrogen-bond acceptors (Lipinski definition) is 5. The summed E-state index contributed by atoms with van der Waals surface area (Å²) in [7, 11) is 0. The topological polar surface area (TPSA) is 65.0 Å². The van der Waals surface area contributed by atoms with E-state index in [0.717, 1.165) is 45.1 Å². The number of carbonyl (C=O) groups excluding carboxylic acids is 1. The van der Waals surface area contributed by atoms with Crippen molar-refractivity contribution in [2.45, 2.75) is 110 Å². The molecule has 6 aliphatic rings. The van der Waals surface area contributed by atoms with Crippen molar-refractivity contribution < 1.29 is 24.1 Å². The molecule has 0 unspecified atom stereocenters. The maximum atomic E-state index is 11.8. The van der Waals surface area contributed by atoms with Crippen molar-refractivity contribution in [1.29, 1.82) is 0 Å². The Bertz CT molecular complexity index is 874. The van der Waals surface area contributed by atoms with Gasteiger partial charge in [-0.25, -0.2) is 0 Å². The van der Waals surface area contributed by atoms with Gasteiger partial charge in [-0.2, -0.15) is 0 Å². The van der Waals surface area contributed by atoms with E-state index in [1.54, 1.807) is 0 Å². The van der Waals surface area contributed by atoms with Crippen LogP contribution in [-0.4, -0.2) is 41.8 Å². The highest BCUT2D eigenvalue weighted by Crippen LogP contribution is 2.69. The van der Waals surface area contributed by atoms with Crippen LogP contribution < -0.4 is 0 Å². The summed E-state index contributed by atoms with van der Waals surface area (Å²) >= 11 is 0. The molecule has 2 heterocycles. The van der Waals surface area contributed by atoms with E-state index >= 15 is 0 Å². The highest BCUT2D eigenvalue weighted by atomic mass is 16.7. The van der Waals surface area contributed by atoms with Crippen LogP contribution in [0.4, 0.5) is 0 Å². The van der Waals surface area contributed by atoms with Crippen molar-refractivity contribution in [2.24, 2.45) is 46.3 Å². The zero-order chi connectivity index (χ0) is 24.0. The van der Waals surface area contributed by atoms with Crippen molar-refractivity contribution in [3.8, 4) is 0 Å². The summed E-state index contributed by atoms with van der Waals surface area (Å²) in [4.78, 5) is 11.5. The van der Waals surface area contributed by atoms with Crippen molar-refractivity contribution >= 4 is 5.97 Å². The fraction of sp³-hybridized carbons (Fsp3) is 0.897. The summed E-state index contributed by atoms with van der Waals surface area (Å²) in [5.74, 6) is 2.13. The average molecular weight is 473 g/mol. The first-order valence-corrected chi connectivity index (χ1v) is 14.0. The van der Waals surface area contributed by atoms with Crippen LogP contribution in [0, 0.1) is 46.3 Å². The molecule has 190 valence electrons. The number of aliphatic hydroxyl groups excluding tert-OH is 1. The molecule has 5 fully saturated rings. The Balaban J connectivity index is 1.28. The summed E-state index contributed by atoms with van der Waals surface area (Å²) in [5.41, 5.74) is 1.47. The molecule has 4 aliphatic carbocycles. The van der Waals surface area contributed by atoms with Crippen LogP contribution in [0.25, 0.3) is 0 Å². The van der Waals surface area contributed by atoms with Crippen molar-refractivity contribution in [3.05, 3.63) is 11.6 Å². The molecule has 34 heavy (non-hydrogen) atoms. The van der Waals surface area contributed by atoms with E-state index in [2.05, 4.69) is 33.8 Å². The van der Waals surface area contributed by atoms with Gasteiger partial charge in [0, 0.05) is 30.6 Å². The maximum Gasteiger partial charge on any atom is 0.302 e. The largest absolute Gasteiger partial charge is 0.463 e. The first-order chi connectivity index (χ1) is 16.1. The van der Waals surface area contributed by atoms with Gasteiger partial charge < -0.3 is 19.3 Å². The third-order valence-corrected chi connectivity index (χ3v) is 11.7. The van der Waals surface area contributed by atoms with Crippen LogP contribution in [0.3, 0.4) is 0 Å². The second-order valence-corrected chi connectivity index (χ2v) is 13.3. The lowest BCUT2D eigenvalue weighted by atomic mass is 9.45. The van der Waals surface area contributed by atoms with E-state index in [1.165, 1.54) is 25.3 Å². The average Bonchev–Trinajstić information content (AvgIpc) is 3.23. The quantitative estimate of drug-likeness (QED) is 0.417. The van der Waals surface area contributed by atoms with Crippen LogP contribution in [0.2, 0.25) is 0 Å². The van der Waals surface area contributed by atoms with Gasteiger partial charge in [-0.05, 0) is 74.0 Å². The highest BCUT2D eigenvalue weighted by molar-refractivity contribution is 5.66. The van der Waals surface area contributed by atoms with Crippen LogP contribution in [-0.2, 0) is 19.0 Å². The Labute approximate surface area is 205 Å². The Kier molecular flexibility index (Phi) is 5.38. The van der Waals surface area contributed by atoms with Gasteiger partial charge in [0.1, 0.15) is 6.10 Å². The number of hydrogen-bond donors (Lipinski definition) is 1. The molecular weight excluding hydrogens is 428 g/mol. The molecule has 0 aromatic rings. The van der Waals surface area contributed by atoms with Crippen LogP contribution in [0.1, 0.15) is 86.0 Å². The second-order valence-electron chi connectivity index (χ2n) is 13.3. The minimum atomic E-state index is -0.470. The minimum absolute atomic E-state index is 0.0574. The predicted molar refractivity (Wildman–Crippen MR) is 129 cm³/mol. The van der Waals surface area contributed by atoms with E-state index in [4.69, 9.17) is 14.2 Å². The minimum Gasteiger partial charge on any atom is -0.463 e. The van der Waals surface area contributed by atoms with Gasteiger partial charge >= 0.3 is 5.97 Å². The molecule has 3 saturated carbocycles. The lowest BCUT2D eigenvalue weighted by molar-refractivity contribution is -0.265. The molecule has 5 nitrogen and oxygen atoms in total. The first-order valence-electron chi connectivity index (χ1n) is 14.0. The molecular formula is C29H44O5. The van der Waals surface area contributed by atoms with Gasteiger partial charge in [0.25, 0.3) is 0 Å².